The van der Waals surface area contributed by atoms with Crippen molar-refractivity contribution in [1.29, 1.82) is 0 Å². The Morgan fingerprint density at radius 3 is 2.50 bits per heavy atom. The van der Waals surface area contributed by atoms with E-state index in [1.54, 1.807) is 4.57 Å². The van der Waals surface area contributed by atoms with Crippen LogP contribution < -0.4 is 21.3 Å². The van der Waals surface area contributed by atoms with Crippen LogP contribution in [-0.4, -0.2) is 19.1 Å². The number of para-hydroxylation sites is 3. The van der Waals surface area contributed by atoms with Crippen LogP contribution >= 0.6 is 0 Å². The van der Waals surface area contributed by atoms with Gasteiger partial charge in [-0.15, -0.1) is 0 Å². The van der Waals surface area contributed by atoms with E-state index in [9.17, 15) is 9.59 Å². The maximum absolute atomic E-state index is 12.6. The Morgan fingerprint density at radius 2 is 1.75 bits per heavy atom. The van der Waals surface area contributed by atoms with E-state index in [1.165, 1.54) is 0 Å². The number of rotatable bonds is 9. The van der Waals surface area contributed by atoms with Gasteiger partial charge in [0.05, 0.1) is 12.2 Å². The van der Waals surface area contributed by atoms with Gasteiger partial charge in [-0.3, -0.25) is 14.3 Å². The molecule has 0 radical (unpaired) electrons. The van der Waals surface area contributed by atoms with E-state index in [2.05, 4.69) is 22.2 Å². The molecule has 8 nitrogen and oxygen atoms in total. The lowest BCUT2D eigenvalue weighted by molar-refractivity contribution is 0.484. The third-order valence-electron chi connectivity index (χ3n) is 5.31. The van der Waals surface area contributed by atoms with Gasteiger partial charge in [-0.2, -0.15) is 0 Å². The van der Waals surface area contributed by atoms with Gasteiger partial charge in [-0.1, -0.05) is 43.7 Å². The van der Waals surface area contributed by atoms with Crippen molar-refractivity contribution in [3.63, 3.8) is 0 Å². The highest BCUT2D eigenvalue weighted by atomic mass is 16.5. The van der Waals surface area contributed by atoms with Crippen LogP contribution in [0, 0.1) is 0 Å². The second-order valence-electron chi connectivity index (χ2n) is 7.47. The quantitative estimate of drug-likeness (QED) is 0.414. The first kappa shape index (κ1) is 21.4. The van der Waals surface area contributed by atoms with Crippen LogP contribution in [0.4, 0.5) is 5.69 Å². The molecule has 0 fully saturated rings. The number of nitrogens with one attached hydrogen (secondary N) is 2. The summed E-state index contributed by atoms with van der Waals surface area (Å²) < 4.78 is 9.43. The van der Waals surface area contributed by atoms with Crippen molar-refractivity contribution in [3.8, 4) is 11.5 Å². The molecule has 0 aliphatic heterocycles. The molecule has 0 amide bonds. The number of nitrogens with zero attached hydrogens (tertiary/aromatic N) is 3. The van der Waals surface area contributed by atoms with E-state index >= 15 is 0 Å². The molecule has 2 N–H and O–H groups in total. The molecule has 4 aromatic rings. The number of imidazole rings is 1. The lowest BCUT2D eigenvalue weighted by Crippen LogP contribution is -2.31. The summed E-state index contributed by atoms with van der Waals surface area (Å²) in [5, 5.41) is 3.37. The standard InChI is InChI=1S/C24H27N5O3/c1-3-5-15-29-22-21(23(30)27-24(29)31)28(4-2)20(26-22)16-25-18-13-9-10-14-19(18)32-17-11-7-6-8-12-17/h6-14,25H,3-5,15-16H2,1-2H3,(H,27,30,31). The van der Waals surface area contributed by atoms with Crippen molar-refractivity contribution in [2.24, 2.45) is 0 Å². The van der Waals surface area contributed by atoms with Crippen LogP contribution in [0.3, 0.4) is 0 Å². The minimum Gasteiger partial charge on any atom is -0.455 e. The van der Waals surface area contributed by atoms with Gasteiger partial charge in [0.25, 0.3) is 5.56 Å². The third-order valence-corrected chi connectivity index (χ3v) is 5.31. The first-order chi connectivity index (χ1) is 15.6. The Balaban J connectivity index is 1.67. The number of ether oxygens (including phenoxy) is 1. The topological polar surface area (TPSA) is 93.9 Å². The zero-order valence-electron chi connectivity index (χ0n) is 18.3. The summed E-state index contributed by atoms with van der Waals surface area (Å²) >= 11 is 0. The van der Waals surface area contributed by atoms with Crippen molar-refractivity contribution in [1.82, 2.24) is 19.1 Å². The number of hydrogen-bond acceptors (Lipinski definition) is 5. The van der Waals surface area contributed by atoms with Gasteiger partial charge in [-0.05, 0) is 37.6 Å². The van der Waals surface area contributed by atoms with E-state index in [-0.39, 0.29) is 0 Å². The van der Waals surface area contributed by atoms with Crippen LogP contribution in [0.25, 0.3) is 11.2 Å². The molecule has 0 saturated carbocycles. The molecule has 0 bridgehead atoms. The van der Waals surface area contributed by atoms with Crippen LogP contribution in [0.5, 0.6) is 11.5 Å². The van der Waals surface area contributed by atoms with E-state index in [0.717, 1.165) is 24.3 Å². The fraction of sp³-hybridized carbons (Fsp3) is 0.292. The normalized spacial score (nSPS) is 11.1. The predicted octanol–water partition coefficient (Wildman–Crippen LogP) is 4.11. The van der Waals surface area contributed by atoms with Gasteiger partial charge < -0.3 is 14.6 Å². The van der Waals surface area contributed by atoms with E-state index in [4.69, 9.17) is 4.74 Å². The van der Waals surface area contributed by atoms with Crippen molar-refractivity contribution in [2.45, 2.75) is 46.3 Å². The second-order valence-corrected chi connectivity index (χ2v) is 7.47. The molecular formula is C24H27N5O3. The number of aryl methyl sites for hydroxylation is 2. The third kappa shape index (κ3) is 4.30. The lowest BCUT2D eigenvalue weighted by Gasteiger charge is -2.13. The number of benzene rings is 2. The Morgan fingerprint density at radius 1 is 1.00 bits per heavy atom. The number of fused-ring (bicyclic) bond motifs is 1. The van der Waals surface area contributed by atoms with Crippen LogP contribution in [0.15, 0.2) is 64.2 Å². The van der Waals surface area contributed by atoms with Gasteiger partial charge in [-0.25, -0.2) is 9.78 Å². The van der Waals surface area contributed by atoms with Gasteiger partial charge in [0.15, 0.2) is 16.9 Å². The van der Waals surface area contributed by atoms with Crippen LogP contribution in [0.2, 0.25) is 0 Å². The molecular weight excluding hydrogens is 406 g/mol. The average molecular weight is 434 g/mol. The number of anilines is 1. The molecule has 0 saturated heterocycles. The van der Waals surface area contributed by atoms with E-state index in [0.29, 0.717) is 42.4 Å². The molecule has 2 aromatic carbocycles. The fourth-order valence-electron chi connectivity index (χ4n) is 3.71. The summed E-state index contributed by atoms with van der Waals surface area (Å²) in [5.41, 5.74) is 0.834. The average Bonchev–Trinajstić information content (AvgIpc) is 3.18. The summed E-state index contributed by atoms with van der Waals surface area (Å²) in [6, 6.07) is 17.2. The summed E-state index contributed by atoms with van der Waals surface area (Å²) in [5.74, 6) is 2.11. The van der Waals surface area contributed by atoms with Gasteiger partial charge in [0.2, 0.25) is 0 Å². The Labute approximate surface area is 185 Å². The zero-order valence-corrected chi connectivity index (χ0v) is 18.3. The highest BCUT2D eigenvalue weighted by Crippen LogP contribution is 2.29. The largest absolute Gasteiger partial charge is 0.455 e. The number of aromatic amines is 1. The lowest BCUT2D eigenvalue weighted by atomic mass is 10.3. The molecule has 0 spiro atoms. The number of aromatic nitrogens is 4. The van der Waals surface area contributed by atoms with Crippen molar-refractivity contribution < 1.29 is 4.74 Å². The van der Waals surface area contributed by atoms with Crippen LogP contribution in [-0.2, 0) is 19.6 Å². The molecule has 8 heteroatoms. The first-order valence-electron chi connectivity index (χ1n) is 10.9. The molecule has 0 atom stereocenters. The molecule has 0 aliphatic carbocycles. The molecule has 32 heavy (non-hydrogen) atoms. The highest BCUT2D eigenvalue weighted by molar-refractivity contribution is 5.71. The summed E-state index contributed by atoms with van der Waals surface area (Å²) in [6.07, 6.45) is 1.77. The molecule has 4 rings (SSSR count). The van der Waals surface area contributed by atoms with Crippen molar-refractivity contribution >= 4 is 16.9 Å². The van der Waals surface area contributed by atoms with Gasteiger partial charge >= 0.3 is 5.69 Å². The molecule has 2 heterocycles. The van der Waals surface area contributed by atoms with Gasteiger partial charge in [0, 0.05) is 13.1 Å². The SMILES string of the molecule is CCCCn1c(=O)[nH]c(=O)c2c1nc(CNc1ccccc1Oc1ccccc1)n2CC. The molecule has 0 aliphatic rings. The van der Waals surface area contributed by atoms with E-state index in [1.807, 2.05) is 66.1 Å². The number of H-pyrrole nitrogens is 1. The number of hydrogen-bond donors (Lipinski definition) is 2. The fourth-order valence-corrected chi connectivity index (χ4v) is 3.71. The smallest absolute Gasteiger partial charge is 0.330 e. The molecule has 0 unspecified atom stereocenters. The van der Waals surface area contributed by atoms with Crippen molar-refractivity contribution in [2.75, 3.05) is 5.32 Å². The maximum atomic E-state index is 12.6. The van der Waals surface area contributed by atoms with E-state index < -0.39 is 11.2 Å². The summed E-state index contributed by atoms with van der Waals surface area (Å²) in [7, 11) is 0. The van der Waals surface area contributed by atoms with Gasteiger partial charge in [0.1, 0.15) is 11.6 Å². The first-order valence-corrected chi connectivity index (χ1v) is 10.9. The zero-order chi connectivity index (χ0) is 22.5. The Hall–Kier alpha value is -3.81. The monoisotopic (exact) mass is 433 g/mol. The molecule has 2 aromatic heterocycles. The molecule has 166 valence electrons. The Bertz CT molecular complexity index is 1320. The summed E-state index contributed by atoms with van der Waals surface area (Å²) in [6.45, 7) is 5.47. The van der Waals surface area contributed by atoms with Crippen molar-refractivity contribution in [3.05, 3.63) is 81.3 Å². The predicted molar refractivity (Wildman–Crippen MR) is 125 cm³/mol. The van der Waals surface area contributed by atoms with Crippen LogP contribution in [0.1, 0.15) is 32.5 Å². The summed E-state index contributed by atoms with van der Waals surface area (Å²) in [4.78, 5) is 32.1. The Kier molecular flexibility index (Phi) is 6.39. The number of unbranched alkanes of at least 4 members (excludes halogenated alkanes) is 1. The highest BCUT2D eigenvalue weighted by Gasteiger charge is 2.18. The second kappa shape index (κ2) is 9.55. The maximum Gasteiger partial charge on any atom is 0.330 e. The minimum atomic E-state index is -0.419. The minimum absolute atomic E-state index is 0.374.